The third-order valence-corrected chi connectivity index (χ3v) is 5.57. The largest absolute Gasteiger partial charge is 0.244 e. The summed E-state index contributed by atoms with van der Waals surface area (Å²) in [6.07, 6.45) is 4.37. The molecule has 5 aromatic rings. The van der Waals surface area contributed by atoms with Crippen molar-refractivity contribution in [1.82, 2.24) is 9.13 Å². The number of benzene rings is 3. The average Bonchev–Trinajstić information content (AvgIpc) is 3.21. The number of para-hydroxylation sites is 4. The third kappa shape index (κ3) is 2.78. The van der Waals surface area contributed by atoms with Crippen molar-refractivity contribution < 1.29 is 9.13 Å². The number of rotatable bonds is 4. The van der Waals surface area contributed by atoms with Crippen molar-refractivity contribution in [3.05, 3.63) is 96.6 Å². The first-order chi connectivity index (χ1) is 13.7. The molecule has 0 spiro atoms. The summed E-state index contributed by atoms with van der Waals surface area (Å²) >= 11 is 0. The van der Waals surface area contributed by atoms with Gasteiger partial charge in [-0.15, -0.1) is 0 Å². The van der Waals surface area contributed by atoms with Crippen LogP contribution in [0.4, 0.5) is 0 Å². The van der Waals surface area contributed by atoms with E-state index in [1.54, 1.807) is 0 Å². The van der Waals surface area contributed by atoms with Crippen molar-refractivity contribution in [2.24, 2.45) is 14.1 Å². The van der Waals surface area contributed by atoms with Crippen LogP contribution in [0.5, 0.6) is 0 Å². The number of hydrogen-bond acceptors (Lipinski definition) is 0. The molecule has 0 saturated heterocycles. The Bertz CT molecular complexity index is 1190. The van der Waals surface area contributed by atoms with E-state index >= 15 is 0 Å². The number of nitrogens with zero attached hydrogens (tertiary/aromatic N) is 4. The molecule has 0 unspecified atom stereocenters. The number of fused-ring (bicyclic) bond motifs is 2. The maximum absolute atomic E-state index is 2.34. The van der Waals surface area contributed by atoms with Gasteiger partial charge in [0.1, 0.15) is 13.1 Å². The van der Waals surface area contributed by atoms with Gasteiger partial charge in [-0.3, -0.25) is 0 Å². The maximum Gasteiger partial charge on any atom is 0.244 e. The summed E-state index contributed by atoms with van der Waals surface area (Å²) in [5.41, 5.74) is 7.73. The summed E-state index contributed by atoms with van der Waals surface area (Å²) in [5.74, 6) is 0. The van der Waals surface area contributed by atoms with Gasteiger partial charge in [-0.25, -0.2) is 18.3 Å². The SMILES string of the molecule is C[n+]1cn(Cc2ccccc2Cn2c[n+](C)c3ccccc32)c2ccccc21. The summed E-state index contributed by atoms with van der Waals surface area (Å²) in [6.45, 7) is 1.73. The minimum absolute atomic E-state index is 0.864. The van der Waals surface area contributed by atoms with Crippen LogP contribution in [0.2, 0.25) is 0 Å². The Hall–Kier alpha value is -3.40. The molecule has 4 heteroatoms. The summed E-state index contributed by atoms with van der Waals surface area (Å²) in [5, 5.41) is 0. The monoisotopic (exact) mass is 368 g/mol. The zero-order chi connectivity index (χ0) is 19.1. The van der Waals surface area contributed by atoms with Crippen molar-refractivity contribution >= 4 is 22.1 Å². The normalized spacial score (nSPS) is 11.5. The van der Waals surface area contributed by atoms with Crippen LogP contribution in [0.25, 0.3) is 22.1 Å². The van der Waals surface area contributed by atoms with Gasteiger partial charge in [0.25, 0.3) is 0 Å². The Kier molecular flexibility index (Phi) is 3.97. The minimum Gasteiger partial charge on any atom is -0.233 e. The van der Waals surface area contributed by atoms with Crippen molar-refractivity contribution in [2.45, 2.75) is 13.1 Å². The lowest BCUT2D eigenvalue weighted by molar-refractivity contribution is -0.645. The highest BCUT2D eigenvalue weighted by atomic mass is 15.1. The first kappa shape index (κ1) is 16.8. The Labute approximate surface area is 164 Å². The summed E-state index contributed by atoms with van der Waals surface area (Å²) in [4.78, 5) is 0. The average molecular weight is 368 g/mol. The van der Waals surface area contributed by atoms with Gasteiger partial charge in [0.15, 0.2) is 22.1 Å². The van der Waals surface area contributed by atoms with E-state index in [0.29, 0.717) is 0 Å². The van der Waals surface area contributed by atoms with E-state index in [9.17, 15) is 0 Å². The second kappa shape index (κ2) is 6.64. The molecule has 0 amide bonds. The Morgan fingerprint density at radius 1 is 0.571 bits per heavy atom. The number of aryl methyl sites for hydroxylation is 2. The lowest BCUT2D eigenvalue weighted by Gasteiger charge is -2.07. The van der Waals surface area contributed by atoms with Crippen molar-refractivity contribution in [2.75, 3.05) is 0 Å². The molecule has 2 aromatic heterocycles. The van der Waals surface area contributed by atoms with Gasteiger partial charge in [-0.2, -0.15) is 0 Å². The van der Waals surface area contributed by atoms with Crippen LogP contribution in [0.15, 0.2) is 85.5 Å². The van der Waals surface area contributed by atoms with Crippen LogP contribution >= 0.6 is 0 Å². The summed E-state index contributed by atoms with van der Waals surface area (Å²) in [6, 6.07) is 25.9. The quantitative estimate of drug-likeness (QED) is 0.433. The highest BCUT2D eigenvalue weighted by Gasteiger charge is 2.17. The first-order valence-corrected chi connectivity index (χ1v) is 9.64. The van der Waals surface area contributed by atoms with Crippen LogP contribution < -0.4 is 9.13 Å². The zero-order valence-corrected chi connectivity index (χ0v) is 16.3. The van der Waals surface area contributed by atoms with Crippen LogP contribution in [0, 0.1) is 0 Å². The van der Waals surface area contributed by atoms with Gasteiger partial charge in [0.2, 0.25) is 12.7 Å². The molecular formula is C24H24N4+2. The number of hydrogen-bond donors (Lipinski definition) is 0. The standard InChI is InChI=1S/C24H24N4/c1-25-17-27(23-13-7-5-11-21(23)25)15-19-9-3-4-10-20(19)16-28-18-26(2)22-12-6-8-14-24(22)28/h3-14,17-18H,15-16H2,1-2H3/q+2. The first-order valence-electron chi connectivity index (χ1n) is 9.64. The molecule has 0 aliphatic rings. The van der Waals surface area contributed by atoms with Crippen LogP contribution in [-0.2, 0) is 27.2 Å². The molecule has 28 heavy (non-hydrogen) atoms. The fraction of sp³-hybridized carbons (Fsp3) is 0.167. The Balaban J connectivity index is 1.54. The fourth-order valence-electron chi connectivity index (χ4n) is 4.16. The van der Waals surface area contributed by atoms with Crippen molar-refractivity contribution in [1.29, 1.82) is 0 Å². The molecule has 0 aliphatic carbocycles. The second-order valence-corrected chi connectivity index (χ2v) is 7.45. The highest BCUT2D eigenvalue weighted by Crippen LogP contribution is 2.18. The molecule has 0 N–H and O–H groups in total. The molecule has 0 fully saturated rings. The molecule has 0 atom stereocenters. The molecule has 0 aliphatic heterocycles. The van der Waals surface area contributed by atoms with E-state index in [1.807, 2.05) is 0 Å². The molecule has 0 saturated carbocycles. The van der Waals surface area contributed by atoms with Gasteiger partial charge in [-0.05, 0) is 24.3 Å². The Morgan fingerprint density at radius 2 is 0.964 bits per heavy atom. The van der Waals surface area contributed by atoms with Crippen LogP contribution in [0.3, 0.4) is 0 Å². The summed E-state index contributed by atoms with van der Waals surface area (Å²) in [7, 11) is 4.22. The molecule has 0 radical (unpaired) electrons. The van der Waals surface area contributed by atoms with E-state index in [2.05, 4.69) is 118 Å². The van der Waals surface area contributed by atoms with E-state index in [1.165, 1.54) is 33.2 Å². The Morgan fingerprint density at radius 3 is 1.43 bits per heavy atom. The molecule has 138 valence electrons. The molecular weight excluding hydrogens is 344 g/mol. The second-order valence-electron chi connectivity index (χ2n) is 7.45. The lowest BCUT2D eigenvalue weighted by Crippen LogP contribution is -2.25. The van der Waals surface area contributed by atoms with Crippen LogP contribution in [0.1, 0.15) is 11.1 Å². The molecule has 0 bridgehead atoms. The third-order valence-electron chi connectivity index (χ3n) is 5.57. The van der Waals surface area contributed by atoms with E-state index in [4.69, 9.17) is 0 Å². The van der Waals surface area contributed by atoms with Crippen molar-refractivity contribution in [3.63, 3.8) is 0 Å². The fourth-order valence-corrected chi connectivity index (χ4v) is 4.16. The predicted molar refractivity (Wildman–Crippen MR) is 111 cm³/mol. The van der Waals surface area contributed by atoms with Gasteiger partial charge in [-0.1, -0.05) is 48.5 Å². The van der Waals surface area contributed by atoms with Gasteiger partial charge in [0, 0.05) is 11.1 Å². The molecule has 3 aromatic carbocycles. The van der Waals surface area contributed by atoms with E-state index in [-0.39, 0.29) is 0 Å². The maximum atomic E-state index is 2.34. The predicted octanol–water partition coefficient (Wildman–Crippen LogP) is 3.34. The van der Waals surface area contributed by atoms with Gasteiger partial charge >= 0.3 is 0 Å². The van der Waals surface area contributed by atoms with Crippen molar-refractivity contribution in [3.8, 4) is 0 Å². The minimum atomic E-state index is 0.864. The topological polar surface area (TPSA) is 17.6 Å². The lowest BCUT2D eigenvalue weighted by atomic mass is 10.1. The van der Waals surface area contributed by atoms with E-state index in [0.717, 1.165) is 13.1 Å². The summed E-state index contributed by atoms with van der Waals surface area (Å²) < 4.78 is 9.05. The number of aromatic nitrogens is 4. The van der Waals surface area contributed by atoms with Gasteiger partial charge < -0.3 is 0 Å². The van der Waals surface area contributed by atoms with E-state index < -0.39 is 0 Å². The number of imidazole rings is 2. The van der Waals surface area contributed by atoms with Crippen LogP contribution in [-0.4, -0.2) is 9.13 Å². The van der Waals surface area contributed by atoms with Gasteiger partial charge in [0.05, 0.1) is 14.1 Å². The zero-order valence-electron chi connectivity index (χ0n) is 16.3. The smallest absolute Gasteiger partial charge is 0.233 e. The molecule has 4 nitrogen and oxygen atoms in total. The molecule has 5 rings (SSSR count). The highest BCUT2D eigenvalue weighted by molar-refractivity contribution is 5.72. The molecule has 2 heterocycles.